The Morgan fingerprint density at radius 1 is 1.41 bits per heavy atom. The summed E-state index contributed by atoms with van der Waals surface area (Å²) in [6.07, 6.45) is 3.90. The van der Waals surface area contributed by atoms with Crippen LogP contribution in [0.15, 0.2) is 30.4 Å². The molecule has 1 amide bonds. The van der Waals surface area contributed by atoms with Gasteiger partial charge in [-0.3, -0.25) is 9.59 Å². The molecular formula is C20H19NO6. The van der Waals surface area contributed by atoms with Crippen molar-refractivity contribution in [2.75, 3.05) is 18.6 Å². The van der Waals surface area contributed by atoms with Gasteiger partial charge in [0.25, 0.3) is 0 Å². The van der Waals surface area contributed by atoms with Gasteiger partial charge in [-0.2, -0.15) is 0 Å². The van der Waals surface area contributed by atoms with Crippen molar-refractivity contribution in [1.82, 2.24) is 0 Å². The van der Waals surface area contributed by atoms with E-state index in [-0.39, 0.29) is 24.0 Å². The van der Waals surface area contributed by atoms with Gasteiger partial charge in [0.05, 0.1) is 37.0 Å². The van der Waals surface area contributed by atoms with Crippen LogP contribution in [0.1, 0.15) is 18.1 Å². The zero-order valence-electron chi connectivity index (χ0n) is 14.7. The van der Waals surface area contributed by atoms with E-state index in [2.05, 4.69) is 0 Å². The Balaban J connectivity index is 1.57. The van der Waals surface area contributed by atoms with Gasteiger partial charge < -0.3 is 24.2 Å². The lowest BCUT2D eigenvalue weighted by atomic mass is 9.70. The van der Waals surface area contributed by atoms with Gasteiger partial charge in [0, 0.05) is 18.1 Å². The Hall–Kier alpha value is -2.38. The van der Waals surface area contributed by atoms with Crippen molar-refractivity contribution in [3.05, 3.63) is 35.9 Å². The number of ether oxygens (including phenoxy) is 3. The molecule has 0 aromatic heterocycles. The van der Waals surface area contributed by atoms with Gasteiger partial charge in [-0.15, -0.1) is 0 Å². The van der Waals surface area contributed by atoms with Crippen molar-refractivity contribution in [2.45, 2.75) is 30.3 Å². The van der Waals surface area contributed by atoms with Crippen LogP contribution in [0, 0.1) is 17.8 Å². The Labute approximate surface area is 155 Å². The predicted molar refractivity (Wildman–Crippen MR) is 92.4 cm³/mol. The molecule has 140 valence electrons. The molecule has 5 aliphatic rings. The first-order valence-electron chi connectivity index (χ1n) is 9.29. The quantitative estimate of drug-likeness (QED) is 0.796. The van der Waals surface area contributed by atoms with Crippen LogP contribution >= 0.6 is 0 Å². The number of amides is 1. The number of carbonyl (C=O) groups excluding carboxylic acids is 1. The van der Waals surface area contributed by atoms with E-state index in [1.54, 1.807) is 12.0 Å². The highest BCUT2D eigenvalue weighted by atomic mass is 16.5. The summed E-state index contributed by atoms with van der Waals surface area (Å²) in [5, 5.41) is 9.76. The van der Waals surface area contributed by atoms with E-state index in [4.69, 9.17) is 14.2 Å². The van der Waals surface area contributed by atoms with Gasteiger partial charge in [0.1, 0.15) is 17.3 Å². The van der Waals surface area contributed by atoms with Gasteiger partial charge in [-0.05, 0) is 24.6 Å². The van der Waals surface area contributed by atoms with E-state index in [1.165, 1.54) is 0 Å². The summed E-state index contributed by atoms with van der Waals surface area (Å²) in [4.78, 5) is 27.2. The van der Waals surface area contributed by atoms with Gasteiger partial charge in [-0.25, -0.2) is 0 Å². The first-order valence-corrected chi connectivity index (χ1v) is 9.29. The van der Waals surface area contributed by atoms with Crippen LogP contribution in [0.4, 0.5) is 5.69 Å². The molecule has 27 heavy (non-hydrogen) atoms. The number of hydrogen-bond acceptors (Lipinski definition) is 5. The molecular weight excluding hydrogens is 350 g/mol. The van der Waals surface area contributed by atoms with E-state index < -0.39 is 29.5 Å². The number of aliphatic carboxylic acids is 1. The lowest BCUT2D eigenvalue weighted by Gasteiger charge is -2.44. The highest BCUT2D eigenvalue weighted by molar-refractivity contribution is 6.04. The summed E-state index contributed by atoms with van der Waals surface area (Å²) in [7, 11) is 1.61. The number of anilines is 1. The number of methoxy groups -OCH3 is 1. The molecule has 6 rings (SSSR count). The topological polar surface area (TPSA) is 85.3 Å². The van der Waals surface area contributed by atoms with Crippen LogP contribution in [0.25, 0.3) is 0 Å². The second-order valence-corrected chi connectivity index (χ2v) is 7.96. The van der Waals surface area contributed by atoms with Crippen LogP contribution in [0.5, 0.6) is 5.75 Å². The molecule has 1 spiro atoms. The summed E-state index contributed by atoms with van der Waals surface area (Å²) in [5.74, 6) is -1.88. The highest BCUT2D eigenvalue weighted by Crippen LogP contribution is 2.62. The smallest absolute Gasteiger partial charge is 0.310 e. The van der Waals surface area contributed by atoms with Crippen molar-refractivity contribution in [1.29, 1.82) is 0 Å². The zero-order chi connectivity index (χ0) is 18.5. The van der Waals surface area contributed by atoms with Crippen LogP contribution < -0.4 is 9.64 Å². The number of carboxylic acid groups (broad SMARTS) is 1. The largest absolute Gasteiger partial charge is 0.497 e. The normalized spacial score (nSPS) is 42.7. The first kappa shape index (κ1) is 15.7. The second kappa shape index (κ2) is 4.91. The van der Waals surface area contributed by atoms with E-state index in [0.29, 0.717) is 12.4 Å². The lowest BCUT2D eigenvalue weighted by molar-refractivity contribution is -0.146. The third-order valence-corrected chi connectivity index (χ3v) is 6.96. The molecule has 7 heteroatoms. The Bertz CT molecular complexity index is 912. The van der Waals surface area contributed by atoms with Gasteiger partial charge in [-0.1, -0.05) is 12.2 Å². The van der Waals surface area contributed by atoms with E-state index in [0.717, 1.165) is 17.7 Å². The van der Waals surface area contributed by atoms with Crippen LogP contribution in [0.3, 0.4) is 0 Å². The minimum absolute atomic E-state index is 0.0644. The van der Waals surface area contributed by atoms with Crippen molar-refractivity contribution < 1.29 is 28.9 Å². The standard InChI is InChI=1S/C20H19NO6/c1-25-9-2-3-12-11(8-9)16-10(5-7-26-16)17-20-6-4-13(27-20)14(19(23)24)15(20)18(22)21(12)17/h2-4,6,8,10,13-17H,5,7H2,1H3,(H,23,24)/t10-,13+,14-,15+,16-,17-,20-/m0/s1. The molecule has 1 aromatic carbocycles. The number of benzene rings is 1. The van der Waals surface area contributed by atoms with E-state index in [1.807, 2.05) is 30.4 Å². The third kappa shape index (κ3) is 1.66. The minimum atomic E-state index is -0.974. The molecule has 1 aromatic rings. The van der Waals surface area contributed by atoms with E-state index >= 15 is 0 Å². The Morgan fingerprint density at radius 2 is 2.26 bits per heavy atom. The number of hydrogen-bond donors (Lipinski definition) is 1. The van der Waals surface area contributed by atoms with Crippen molar-refractivity contribution in [2.24, 2.45) is 17.8 Å². The predicted octanol–water partition coefficient (Wildman–Crippen LogP) is 1.53. The number of carbonyl (C=O) groups is 2. The number of nitrogens with zero attached hydrogens (tertiary/aromatic N) is 1. The van der Waals surface area contributed by atoms with Gasteiger partial charge in [0.2, 0.25) is 5.91 Å². The third-order valence-electron chi connectivity index (χ3n) is 6.96. The van der Waals surface area contributed by atoms with Gasteiger partial charge >= 0.3 is 5.97 Å². The molecule has 0 saturated carbocycles. The average molecular weight is 369 g/mol. The zero-order valence-corrected chi connectivity index (χ0v) is 14.7. The van der Waals surface area contributed by atoms with Gasteiger partial charge in [0.15, 0.2) is 0 Å². The highest BCUT2D eigenvalue weighted by Gasteiger charge is 2.74. The maximum Gasteiger partial charge on any atom is 0.310 e. The molecule has 3 fully saturated rings. The number of fused-ring (bicyclic) bond motifs is 7. The molecule has 5 aliphatic heterocycles. The fourth-order valence-electron chi connectivity index (χ4n) is 6.02. The fraction of sp³-hybridized carbons (Fsp3) is 0.500. The molecule has 1 N–H and O–H groups in total. The molecule has 5 heterocycles. The number of carboxylic acids is 1. The number of rotatable bonds is 2. The van der Waals surface area contributed by atoms with Crippen LogP contribution in [-0.4, -0.2) is 48.4 Å². The van der Waals surface area contributed by atoms with Crippen molar-refractivity contribution >= 4 is 17.6 Å². The Morgan fingerprint density at radius 3 is 3.04 bits per heavy atom. The molecule has 3 saturated heterocycles. The van der Waals surface area contributed by atoms with Crippen LogP contribution in [-0.2, 0) is 19.1 Å². The van der Waals surface area contributed by atoms with Crippen LogP contribution in [0.2, 0.25) is 0 Å². The minimum Gasteiger partial charge on any atom is -0.497 e. The molecule has 0 aliphatic carbocycles. The summed E-state index contributed by atoms with van der Waals surface area (Å²) >= 11 is 0. The molecule has 2 bridgehead atoms. The summed E-state index contributed by atoms with van der Waals surface area (Å²) in [6.45, 7) is 0.612. The molecule has 0 unspecified atom stereocenters. The van der Waals surface area contributed by atoms with E-state index in [9.17, 15) is 14.7 Å². The maximum absolute atomic E-state index is 13.5. The summed E-state index contributed by atoms with van der Waals surface area (Å²) in [6, 6.07) is 5.39. The maximum atomic E-state index is 13.5. The molecule has 7 nitrogen and oxygen atoms in total. The monoisotopic (exact) mass is 369 g/mol. The fourth-order valence-corrected chi connectivity index (χ4v) is 6.02. The molecule has 0 radical (unpaired) electrons. The lowest BCUT2D eigenvalue weighted by Crippen LogP contribution is -2.53. The van der Waals surface area contributed by atoms with Crippen molar-refractivity contribution in [3.8, 4) is 5.75 Å². The average Bonchev–Trinajstić information content (AvgIpc) is 3.41. The summed E-state index contributed by atoms with van der Waals surface area (Å²) in [5.41, 5.74) is 0.838. The summed E-state index contributed by atoms with van der Waals surface area (Å²) < 4.78 is 17.7. The SMILES string of the molecule is COc1ccc2c(c1)[C@H]1OCC[C@@H]1[C@@H]1N2C(=O)[C@H]2[C@@H](C(=O)O)[C@H]3C=C[C@@]12O3. The van der Waals surface area contributed by atoms with Crippen molar-refractivity contribution in [3.63, 3.8) is 0 Å². The second-order valence-electron chi connectivity index (χ2n) is 7.96. The molecule has 7 atom stereocenters. The first-order chi connectivity index (χ1) is 13.1. The Kier molecular flexibility index (Phi) is 2.85.